The second-order valence-corrected chi connectivity index (χ2v) is 5.26. The number of nitro groups is 1. The molecule has 0 radical (unpaired) electrons. The van der Waals surface area contributed by atoms with Crippen LogP contribution in [0.1, 0.15) is 36.5 Å². The van der Waals surface area contributed by atoms with Gasteiger partial charge in [-0.3, -0.25) is 10.1 Å². The second kappa shape index (κ2) is 5.90. The minimum Gasteiger partial charge on any atom is -0.302 e. The predicted molar refractivity (Wildman–Crippen MR) is 75.2 cm³/mol. The van der Waals surface area contributed by atoms with Gasteiger partial charge in [0.15, 0.2) is 0 Å². The number of rotatable bonds is 5. The minimum absolute atomic E-state index is 0.111. The summed E-state index contributed by atoms with van der Waals surface area (Å²) in [5, 5.41) is 17.0. The molecular formula is C13H15N3O2S. The zero-order chi connectivity index (χ0) is 13.8. The normalized spacial score (nSPS) is 14.0. The smallest absolute Gasteiger partial charge is 0.269 e. The van der Waals surface area contributed by atoms with Crippen LogP contribution >= 0.6 is 11.3 Å². The molecule has 1 aromatic heterocycles. The van der Waals surface area contributed by atoms with Gasteiger partial charge in [0.05, 0.1) is 11.0 Å². The molecule has 6 heteroatoms. The van der Waals surface area contributed by atoms with Crippen LogP contribution in [-0.2, 0) is 0 Å². The number of nitro benzene ring substituents is 1. The molecule has 0 fully saturated rings. The fourth-order valence-corrected chi connectivity index (χ4v) is 2.53. The first-order valence-electron chi connectivity index (χ1n) is 5.97. The maximum absolute atomic E-state index is 10.6. The van der Waals surface area contributed by atoms with E-state index in [2.05, 4.69) is 17.2 Å². The standard InChI is InChI=1S/C13H15N3O2S/c1-9(15-10(2)13-14-7-8-19-13)11-3-5-12(6-4-11)16(17)18/h3-10,15H,1-2H3. The van der Waals surface area contributed by atoms with Gasteiger partial charge in [-0.05, 0) is 19.4 Å². The Morgan fingerprint density at radius 3 is 2.47 bits per heavy atom. The van der Waals surface area contributed by atoms with Gasteiger partial charge in [-0.1, -0.05) is 12.1 Å². The molecule has 2 aromatic rings. The van der Waals surface area contributed by atoms with Crippen molar-refractivity contribution >= 4 is 17.0 Å². The maximum atomic E-state index is 10.6. The van der Waals surface area contributed by atoms with Crippen molar-refractivity contribution in [2.45, 2.75) is 25.9 Å². The van der Waals surface area contributed by atoms with Gasteiger partial charge in [0.1, 0.15) is 5.01 Å². The maximum Gasteiger partial charge on any atom is 0.269 e. The van der Waals surface area contributed by atoms with E-state index in [1.54, 1.807) is 29.7 Å². The Morgan fingerprint density at radius 2 is 1.95 bits per heavy atom. The first kappa shape index (κ1) is 13.6. The third-order valence-electron chi connectivity index (χ3n) is 2.93. The lowest BCUT2D eigenvalue weighted by molar-refractivity contribution is -0.384. The average molecular weight is 277 g/mol. The minimum atomic E-state index is -0.389. The summed E-state index contributed by atoms with van der Waals surface area (Å²) >= 11 is 1.61. The van der Waals surface area contributed by atoms with E-state index in [-0.39, 0.29) is 22.7 Å². The molecular weight excluding hydrogens is 262 g/mol. The molecule has 0 aliphatic rings. The molecule has 19 heavy (non-hydrogen) atoms. The molecule has 100 valence electrons. The SMILES string of the molecule is CC(NC(C)c1nccs1)c1ccc([N+](=O)[O-])cc1. The van der Waals surface area contributed by atoms with E-state index in [1.165, 1.54) is 12.1 Å². The second-order valence-electron chi connectivity index (χ2n) is 4.33. The highest BCUT2D eigenvalue weighted by molar-refractivity contribution is 7.09. The molecule has 2 atom stereocenters. The quantitative estimate of drug-likeness (QED) is 0.671. The van der Waals surface area contributed by atoms with E-state index >= 15 is 0 Å². The van der Waals surface area contributed by atoms with Crippen molar-refractivity contribution in [1.82, 2.24) is 10.3 Å². The van der Waals surface area contributed by atoms with Crippen molar-refractivity contribution in [3.63, 3.8) is 0 Å². The number of non-ortho nitro benzene ring substituents is 1. The van der Waals surface area contributed by atoms with Gasteiger partial charge in [0, 0.05) is 29.8 Å². The predicted octanol–water partition coefficient (Wildman–Crippen LogP) is 3.46. The molecule has 1 N–H and O–H groups in total. The number of nitrogens with one attached hydrogen (secondary N) is 1. The molecule has 0 amide bonds. The van der Waals surface area contributed by atoms with Gasteiger partial charge < -0.3 is 5.32 Å². The van der Waals surface area contributed by atoms with Crippen LogP contribution in [-0.4, -0.2) is 9.91 Å². The molecule has 0 aliphatic heterocycles. The first-order chi connectivity index (χ1) is 9.08. The summed E-state index contributed by atoms with van der Waals surface area (Å²) in [6.07, 6.45) is 1.79. The Balaban J connectivity index is 2.03. The fraction of sp³-hybridized carbons (Fsp3) is 0.308. The van der Waals surface area contributed by atoms with Crippen LogP contribution in [0.15, 0.2) is 35.8 Å². The van der Waals surface area contributed by atoms with Gasteiger partial charge >= 0.3 is 0 Å². The lowest BCUT2D eigenvalue weighted by Gasteiger charge is -2.18. The largest absolute Gasteiger partial charge is 0.302 e. The molecule has 2 rings (SSSR count). The molecule has 1 aromatic carbocycles. The van der Waals surface area contributed by atoms with Crippen molar-refractivity contribution in [3.8, 4) is 0 Å². The summed E-state index contributed by atoms with van der Waals surface area (Å²) in [7, 11) is 0. The van der Waals surface area contributed by atoms with Crippen molar-refractivity contribution < 1.29 is 4.92 Å². The number of aromatic nitrogens is 1. The Morgan fingerprint density at radius 1 is 1.26 bits per heavy atom. The highest BCUT2D eigenvalue weighted by Crippen LogP contribution is 2.22. The Bertz CT molecular complexity index is 540. The molecule has 2 unspecified atom stereocenters. The molecule has 0 aliphatic carbocycles. The van der Waals surface area contributed by atoms with E-state index < -0.39 is 0 Å². The topological polar surface area (TPSA) is 68.1 Å². The van der Waals surface area contributed by atoms with Gasteiger partial charge in [0.2, 0.25) is 0 Å². The average Bonchev–Trinajstić information content (AvgIpc) is 2.92. The highest BCUT2D eigenvalue weighted by atomic mass is 32.1. The summed E-state index contributed by atoms with van der Waals surface area (Å²) in [6.45, 7) is 4.09. The molecule has 0 saturated carbocycles. The van der Waals surface area contributed by atoms with E-state index in [4.69, 9.17) is 0 Å². The van der Waals surface area contributed by atoms with Crippen LogP contribution in [0.4, 0.5) is 5.69 Å². The summed E-state index contributed by atoms with van der Waals surface area (Å²) < 4.78 is 0. The van der Waals surface area contributed by atoms with E-state index in [9.17, 15) is 10.1 Å². The first-order valence-corrected chi connectivity index (χ1v) is 6.85. The molecule has 5 nitrogen and oxygen atoms in total. The van der Waals surface area contributed by atoms with Crippen LogP contribution in [0.2, 0.25) is 0 Å². The Kier molecular flexibility index (Phi) is 4.24. The molecule has 0 saturated heterocycles. The number of thiazole rings is 1. The highest BCUT2D eigenvalue weighted by Gasteiger charge is 2.14. The number of hydrogen-bond acceptors (Lipinski definition) is 5. The van der Waals surface area contributed by atoms with Crippen molar-refractivity contribution in [1.29, 1.82) is 0 Å². The molecule has 0 bridgehead atoms. The van der Waals surface area contributed by atoms with Crippen LogP contribution in [0, 0.1) is 10.1 Å². The fourth-order valence-electron chi connectivity index (χ4n) is 1.88. The zero-order valence-corrected chi connectivity index (χ0v) is 11.6. The summed E-state index contributed by atoms with van der Waals surface area (Å²) in [4.78, 5) is 14.5. The number of hydrogen-bond donors (Lipinski definition) is 1. The van der Waals surface area contributed by atoms with Crippen molar-refractivity contribution in [3.05, 3.63) is 56.5 Å². The van der Waals surface area contributed by atoms with Crippen LogP contribution in [0.25, 0.3) is 0 Å². The van der Waals surface area contributed by atoms with Gasteiger partial charge in [-0.15, -0.1) is 11.3 Å². The van der Waals surface area contributed by atoms with Gasteiger partial charge in [-0.25, -0.2) is 4.98 Å². The summed E-state index contributed by atoms with van der Waals surface area (Å²) in [5.74, 6) is 0. The van der Waals surface area contributed by atoms with E-state index in [0.717, 1.165) is 10.6 Å². The third-order valence-corrected chi connectivity index (χ3v) is 3.88. The van der Waals surface area contributed by atoms with Crippen LogP contribution in [0.3, 0.4) is 0 Å². The van der Waals surface area contributed by atoms with E-state index in [1.807, 2.05) is 12.3 Å². The van der Waals surface area contributed by atoms with Crippen LogP contribution < -0.4 is 5.32 Å². The monoisotopic (exact) mass is 277 g/mol. The zero-order valence-electron chi connectivity index (χ0n) is 10.7. The summed E-state index contributed by atoms with van der Waals surface area (Å²) in [5.41, 5.74) is 1.14. The number of benzene rings is 1. The van der Waals surface area contributed by atoms with Crippen LogP contribution in [0.5, 0.6) is 0 Å². The Hall–Kier alpha value is -1.79. The lowest BCUT2D eigenvalue weighted by atomic mass is 10.1. The number of nitrogens with zero attached hydrogens (tertiary/aromatic N) is 2. The molecule has 1 heterocycles. The van der Waals surface area contributed by atoms with E-state index in [0.29, 0.717) is 0 Å². The third kappa shape index (κ3) is 3.36. The van der Waals surface area contributed by atoms with Gasteiger partial charge in [0.25, 0.3) is 5.69 Å². The van der Waals surface area contributed by atoms with Crippen molar-refractivity contribution in [2.75, 3.05) is 0 Å². The lowest BCUT2D eigenvalue weighted by Crippen LogP contribution is -2.22. The van der Waals surface area contributed by atoms with Gasteiger partial charge in [-0.2, -0.15) is 0 Å². The Labute approximate surface area is 115 Å². The van der Waals surface area contributed by atoms with Crippen molar-refractivity contribution in [2.24, 2.45) is 0 Å². The summed E-state index contributed by atoms with van der Waals surface area (Å²) in [6, 6.07) is 6.89. The molecule has 0 spiro atoms.